The molecule has 6 nitrogen and oxygen atoms in total. The van der Waals surface area contributed by atoms with Crippen LogP contribution in [0.15, 0.2) is 0 Å². The lowest BCUT2D eigenvalue weighted by Gasteiger charge is -2.29. The first kappa shape index (κ1) is 26.0. The van der Waals surface area contributed by atoms with Gasteiger partial charge in [-0.2, -0.15) is 17.6 Å². The third kappa shape index (κ3) is 9.20. The van der Waals surface area contributed by atoms with Gasteiger partial charge in [0, 0.05) is 13.1 Å². The summed E-state index contributed by atoms with van der Waals surface area (Å²) in [7, 11) is 0. The molecule has 0 aromatic carbocycles. The number of ether oxygens (including phenoxy) is 2. The van der Waals surface area contributed by atoms with Gasteiger partial charge in [-0.25, -0.2) is 27.2 Å². The summed E-state index contributed by atoms with van der Waals surface area (Å²) in [5.74, 6) is -9.17. The SMILES string of the molecule is O=C(NCC1CCCC(CNC(=O)OCC(F)(F)C(F)F)C1)OCC(F)(F)C(F)F. The monoisotopic (exact) mass is 458 g/mol. The smallest absolute Gasteiger partial charge is 0.407 e. The van der Waals surface area contributed by atoms with E-state index in [1.54, 1.807) is 0 Å². The van der Waals surface area contributed by atoms with Gasteiger partial charge < -0.3 is 20.1 Å². The number of carbonyl (C=O) groups excluding carboxylic acids is 2. The summed E-state index contributed by atoms with van der Waals surface area (Å²) < 4.78 is 107. The van der Waals surface area contributed by atoms with E-state index in [0.29, 0.717) is 25.7 Å². The van der Waals surface area contributed by atoms with Crippen molar-refractivity contribution in [3.8, 4) is 0 Å². The molecule has 2 unspecified atom stereocenters. The molecule has 1 fully saturated rings. The molecule has 2 atom stereocenters. The highest BCUT2D eigenvalue weighted by Crippen LogP contribution is 2.28. The van der Waals surface area contributed by atoms with Crippen LogP contribution in [0.25, 0.3) is 0 Å². The minimum absolute atomic E-state index is 0.0145. The third-order valence-electron chi connectivity index (χ3n) is 4.39. The van der Waals surface area contributed by atoms with Crippen molar-refractivity contribution in [2.75, 3.05) is 26.3 Å². The van der Waals surface area contributed by atoms with E-state index >= 15 is 0 Å². The molecule has 1 aliphatic carbocycles. The second-order valence-corrected chi connectivity index (χ2v) is 6.94. The van der Waals surface area contributed by atoms with Crippen molar-refractivity contribution in [3.63, 3.8) is 0 Å². The van der Waals surface area contributed by atoms with Crippen molar-refractivity contribution in [2.45, 2.75) is 50.4 Å². The molecule has 0 aromatic rings. The van der Waals surface area contributed by atoms with E-state index in [9.17, 15) is 44.7 Å². The zero-order valence-corrected chi connectivity index (χ0v) is 15.6. The Morgan fingerprint density at radius 3 is 1.50 bits per heavy atom. The first-order valence-electron chi connectivity index (χ1n) is 8.96. The molecule has 14 heteroatoms. The molecule has 0 radical (unpaired) electrons. The summed E-state index contributed by atoms with van der Waals surface area (Å²) >= 11 is 0. The summed E-state index contributed by atoms with van der Waals surface area (Å²) in [5.41, 5.74) is 0. The molecule has 0 saturated heterocycles. The van der Waals surface area contributed by atoms with Gasteiger partial charge in [-0.3, -0.25) is 0 Å². The number of alkyl carbamates (subject to hydrolysis) is 2. The Kier molecular flexibility index (Phi) is 9.88. The van der Waals surface area contributed by atoms with Gasteiger partial charge >= 0.3 is 36.9 Å². The first-order chi connectivity index (χ1) is 13.8. The molecule has 176 valence electrons. The topological polar surface area (TPSA) is 76.7 Å². The largest absolute Gasteiger partial charge is 0.443 e. The van der Waals surface area contributed by atoms with Crippen LogP contribution < -0.4 is 10.6 Å². The number of amides is 2. The van der Waals surface area contributed by atoms with E-state index in [1.165, 1.54) is 0 Å². The fourth-order valence-electron chi connectivity index (χ4n) is 2.78. The lowest BCUT2D eigenvalue weighted by molar-refractivity contribution is -0.154. The normalized spacial score (nSPS) is 20.2. The van der Waals surface area contributed by atoms with Crippen LogP contribution in [0.4, 0.5) is 44.7 Å². The maximum absolute atomic E-state index is 12.7. The predicted molar refractivity (Wildman–Crippen MR) is 86.1 cm³/mol. The number of hydrogen-bond donors (Lipinski definition) is 2. The van der Waals surface area contributed by atoms with Gasteiger partial charge in [-0.1, -0.05) is 6.42 Å². The van der Waals surface area contributed by atoms with Crippen LogP contribution in [-0.2, 0) is 9.47 Å². The maximum Gasteiger partial charge on any atom is 0.407 e. The average molecular weight is 458 g/mol. The summed E-state index contributed by atoms with van der Waals surface area (Å²) in [6.07, 6.45) is -8.06. The van der Waals surface area contributed by atoms with Crippen LogP contribution in [-0.4, -0.2) is 63.2 Å². The van der Waals surface area contributed by atoms with Crippen LogP contribution in [0, 0.1) is 11.8 Å². The van der Waals surface area contributed by atoms with Crippen molar-refractivity contribution in [1.29, 1.82) is 0 Å². The van der Waals surface area contributed by atoms with Gasteiger partial charge in [-0.15, -0.1) is 0 Å². The summed E-state index contributed by atoms with van der Waals surface area (Å²) in [5, 5.41) is 4.38. The molecule has 0 aromatic heterocycles. The van der Waals surface area contributed by atoms with Crippen LogP contribution in [0.2, 0.25) is 0 Å². The van der Waals surface area contributed by atoms with Gasteiger partial charge in [-0.05, 0) is 31.1 Å². The highest BCUT2D eigenvalue weighted by atomic mass is 19.3. The van der Waals surface area contributed by atoms with Crippen molar-refractivity contribution < 1.29 is 54.2 Å². The molecule has 1 saturated carbocycles. The van der Waals surface area contributed by atoms with E-state index in [0.717, 1.165) is 0 Å². The van der Waals surface area contributed by atoms with Gasteiger partial charge in [0.25, 0.3) is 0 Å². The van der Waals surface area contributed by atoms with Crippen LogP contribution in [0.1, 0.15) is 25.7 Å². The third-order valence-corrected chi connectivity index (χ3v) is 4.39. The Labute approximate surface area is 166 Å². The first-order valence-corrected chi connectivity index (χ1v) is 8.96. The minimum Gasteiger partial charge on any atom is -0.443 e. The quantitative estimate of drug-likeness (QED) is 0.485. The van der Waals surface area contributed by atoms with Gasteiger partial charge in [0.05, 0.1) is 0 Å². The van der Waals surface area contributed by atoms with Crippen molar-refractivity contribution in [2.24, 2.45) is 11.8 Å². The predicted octanol–water partition coefficient (Wildman–Crippen LogP) is 4.05. The van der Waals surface area contributed by atoms with Crippen LogP contribution in [0.5, 0.6) is 0 Å². The Morgan fingerprint density at radius 1 is 0.800 bits per heavy atom. The van der Waals surface area contributed by atoms with E-state index in [-0.39, 0.29) is 24.9 Å². The zero-order valence-electron chi connectivity index (χ0n) is 15.6. The van der Waals surface area contributed by atoms with Gasteiger partial charge in [0.1, 0.15) is 0 Å². The van der Waals surface area contributed by atoms with E-state index in [4.69, 9.17) is 0 Å². The Morgan fingerprint density at radius 2 is 1.17 bits per heavy atom. The number of nitrogens with one attached hydrogen (secondary N) is 2. The molecule has 1 rings (SSSR count). The summed E-state index contributed by atoms with van der Waals surface area (Å²) in [6.45, 7) is -3.50. The fraction of sp³-hybridized carbons (Fsp3) is 0.875. The maximum atomic E-state index is 12.7. The standard InChI is InChI=1S/C16H22F8N2O4/c17-11(18)15(21,22)7-29-13(27)25-5-9-2-1-3-10(4-9)6-26-14(28)30-8-16(23,24)12(19)20/h9-12H,1-8H2,(H,25,27)(H,26,28). The molecular formula is C16H22F8N2O4. The van der Waals surface area contributed by atoms with Gasteiger partial charge in [0.2, 0.25) is 0 Å². The molecule has 0 bridgehead atoms. The summed E-state index contributed by atoms with van der Waals surface area (Å²) in [4.78, 5) is 22.7. The second-order valence-electron chi connectivity index (χ2n) is 6.94. The number of hydrogen-bond acceptors (Lipinski definition) is 4. The zero-order chi connectivity index (χ0) is 22.9. The van der Waals surface area contributed by atoms with Crippen molar-refractivity contribution in [3.05, 3.63) is 0 Å². The lowest BCUT2D eigenvalue weighted by Crippen LogP contribution is -2.39. The lowest BCUT2D eigenvalue weighted by atomic mass is 9.81. The minimum atomic E-state index is -4.45. The second kappa shape index (κ2) is 11.4. The fourth-order valence-corrected chi connectivity index (χ4v) is 2.78. The van der Waals surface area contributed by atoms with Gasteiger partial charge in [0.15, 0.2) is 13.2 Å². The molecule has 30 heavy (non-hydrogen) atoms. The highest BCUT2D eigenvalue weighted by molar-refractivity contribution is 5.67. The molecule has 2 N–H and O–H groups in total. The Hall–Kier alpha value is -2.02. The molecular weight excluding hydrogens is 436 g/mol. The van der Waals surface area contributed by atoms with Crippen molar-refractivity contribution in [1.82, 2.24) is 10.6 Å². The molecule has 0 heterocycles. The molecule has 2 amide bonds. The molecule has 1 aliphatic rings. The Balaban J connectivity index is 2.29. The number of halogens is 8. The summed E-state index contributed by atoms with van der Waals surface area (Å²) in [6, 6.07) is 0. The Bertz CT molecular complexity index is 519. The number of rotatable bonds is 10. The average Bonchev–Trinajstić information content (AvgIpc) is 2.67. The molecule has 0 aliphatic heterocycles. The van der Waals surface area contributed by atoms with Crippen LogP contribution in [0.3, 0.4) is 0 Å². The van der Waals surface area contributed by atoms with E-state index in [2.05, 4.69) is 20.1 Å². The number of alkyl halides is 8. The molecule has 0 spiro atoms. The number of carbonyl (C=O) groups is 2. The van der Waals surface area contributed by atoms with E-state index in [1.807, 2.05) is 0 Å². The highest BCUT2D eigenvalue weighted by Gasteiger charge is 2.43. The van der Waals surface area contributed by atoms with Crippen molar-refractivity contribution >= 4 is 12.2 Å². The van der Waals surface area contributed by atoms with Crippen LogP contribution >= 0.6 is 0 Å². The van der Waals surface area contributed by atoms with E-state index < -0.39 is 50.1 Å².